The van der Waals surface area contributed by atoms with Gasteiger partial charge in [0.15, 0.2) is 0 Å². The third-order valence-corrected chi connectivity index (χ3v) is 3.58. The zero-order chi connectivity index (χ0) is 12.4. The van der Waals surface area contributed by atoms with E-state index in [0.29, 0.717) is 12.4 Å². The number of hydrogen-bond donors (Lipinski definition) is 1. The fourth-order valence-electron chi connectivity index (χ4n) is 1.79. The van der Waals surface area contributed by atoms with Gasteiger partial charge in [0.25, 0.3) is 0 Å². The zero-order valence-electron chi connectivity index (χ0n) is 10.0. The SMILES string of the molecule is CCc1nn(CC)c(Cn2ccc(N)n2)c1Br. The predicted molar refractivity (Wildman–Crippen MR) is 70.7 cm³/mol. The lowest BCUT2D eigenvalue weighted by Gasteiger charge is -2.05. The standard InChI is InChI=1S/C11H16BrN5/c1-3-8-11(12)9(17(4-2)14-8)7-16-6-5-10(13)15-16/h5-6H,3-4,7H2,1-2H3,(H2,13,15). The molecule has 0 aliphatic heterocycles. The number of anilines is 1. The van der Waals surface area contributed by atoms with E-state index in [9.17, 15) is 0 Å². The molecule has 2 rings (SSSR count). The average Bonchev–Trinajstić information content (AvgIpc) is 2.85. The van der Waals surface area contributed by atoms with Crippen LogP contribution in [0.25, 0.3) is 0 Å². The highest BCUT2D eigenvalue weighted by Crippen LogP contribution is 2.23. The Bertz CT molecular complexity index is 514. The fraction of sp³-hybridized carbons (Fsp3) is 0.455. The monoisotopic (exact) mass is 297 g/mol. The van der Waals surface area contributed by atoms with Crippen LogP contribution < -0.4 is 5.73 Å². The van der Waals surface area contributed by atoms with Gasteiger partial charge in [-0.2, -0.15) is 10.2 Å². The van der Waals surface area contributed by atoms with E-state index in [0.717, 1.165) is 28.8 Å². The maximum absolute atomic E-state index is 5.61. The molecule has 2 aromatic heterocycles. The van der Waals surface area contributed by atoms with Crippen LogP contribution in [-0.4, -0.2) is 19.6 Å². The third kappa shape index (κ3) is 2.36. The lowest BCUT2D eigenvalue weighted by Crippen LogP contribution is -2.09. The maximum Gasteiger partial charge on any atom is 0.145 e. The Morgan fingerprint density at radius 2 is 2.12 bits per heavy atom. The molecule has 2 N–H and O–H groups in total. The number of aromatic nitrogens is 4. The van der Waals surface area contributed by atoms with E-state index in [2.05, 4.69) is 40.0 Å². The topological polar surface area (TPSA) is 61.7 Å². The molecule has 0 saturated heterocycles. The first kappa shape index (κ1) is 12.2. The van der Waals surface area contributed by atoms with Gasteiger partial charge in [0.2, 0.25) is 0 Å². The smallest absolute Gasteiger partial charge is 0.145 e. The molecule has 0 atom stereocenters. The molecule has 0 bridgehead atoms. The first-order valence-electron chi connectivity index (χ1n) is 5.68. The van der Waals surface area contributed by atoms with E-state index in [4.69, 9.17) is 5.73 Å². The first-order chi connectivity index (χ1) is 8.15. The van der Waals surface area contributed by atoms with Crippen molar-refractivity contribution in [2.75, 3.05) is 5.73 Å². The zero-order valence-corrected chi connectivity index (χ0v) is 11.6. The molecule has 0 aromatic carbocycles. The van der Waals surface area contributed by atoms with Gasteiger partial charge in [0.1, 0.15) is 5.82 Å². The minimum Gasteiger partial charge on any atom is -0.382 e. The number of nitrogens with two attached hydrogens (primary N) is 1. The highest BCUT2D eigenvalue weighted by atomic mass is 79.9. The van der Waals surface area contributed by atoms with Crippen LogP contribution >= 0.6 is 15.9 Å². The molecule has 92 valence electrons. The summed E-state index contributed by atoms with van der Waals surface area (Å²) in [4.78, 5) is 0. The Labute approximate surface area is 109 Å². The number of aryl methyl sites for hydroxylation is 2. The van der Waals surface area contributed by atoms with Crippen molar-refractivity contribution in [3.63, 3.8) is 0 Å². The Kier molecular flexibility index (Phi) is 3.51. The summed E-state index contributed by atoms with van der Waals surface area (Å²) in [6.07, 6.45) is 2.79. The van der Waals surface area contributed by atoms with Gasteiger partial charge in [-0.3, -0.25) is 9.36 Å². The minimum absolute atomic E-state index is 0.541. The van der Waals surface area contributed by atoms with Crippen molar-refractivity contribution in [2.45, 2.75) is 33.4 Å². The molecule has 2 aromatic rings. The molecule has 0 saturated carbocycles. The predicted octanol–water partition coefficient (Wildman–Crippen LogP) is 2.05. The highest BCUT2D eigenvalue weighted by Gasteiger charge is 2.14. The number of hydrogen-bond acceptors (Lipinski definition) is 3. The van der Waals surface area contributed by atoms with Crippen LogP contribution in [0.2, 0.25) is 0 Å². The van der Waals surface area contributed by atoms with Gasteiger partial charge in [0.05, 0.1) is 22.4 Å². The van der Waals surface area contributed by atoms with Crippen LogP contribution in [0.5, 0.6) is 0 Å². The van der Waals surface area contributed by atoms with Gasteiger partial charge in [0, 0.05) is 12.7 Å². The van der Waals surface area contributed by atoms with Crippen LogP contribution in [0.15, 0.2) is 16.7 Å². The van der Waals surface area contributed by atoms with Crippen molar-refractivity contribution in [1.82, 2.24) is 19.6 Å². The van der Waals surface area contributed by atoms with Crippen molar-refractivity contribution in [2.24, 2.45) is 0 Å². The van der Waals surface area contributed by atoms with Crippen LogP contribution in [0.4, 0.5) is 5.82 Å². The molecule has 0 aliphatic rings. The van der Waals surface area contributed by atoms with E-state index in [1.54, 1.807) is 6.07 Å². The van der Waals surface area contributed by atoms with Gasteiger partial charge < -0.3 is 5.73 Å². The van der Waals surface area contributed by atoms with Crippen LogP contribution in [0.1, 0.15) is 25.2 Å². The molecule has 17 heavy (non-hydrogen) atoms. The molecule has 6 heteroatoms. The molecule has 5 nitrogen and oxygen atoms in total. The third-order valence-electron chi connectivity index (χ3n) is 2.67. The first-order valence-corrected chi connectivity index (χ1v) is 6.48. The lowest BCUT2D eigenvalue weighted by atomic mass is 10.3. The summed E-state index contributed by atoms with van der Waals surface area (Å²) in [6, 6.07) is 1.79. The fourth-order valence-corrected chi connectivity index (χ4v) is 2.48. The Morgan fingerprint density at radius 1 is 1.35 bits per heavy atom. The van der Waals surface area contributed by atoms with E-state index in [1.807, 2.05) is 15.6 Å². The quantitative estimate of drug-likeness (QED) is 0.939. The molecule has 0 fully saturated rings. The molecular formula is C11H16BrN5. The number of nitrogens with zero attached hydrogens (tertiary/aromatic N) is 4. The maximum atomic E-state index is 5.61. The van der Waals surface area contributed by atoms with E-state index < -0.39 is 0 Å². The largest absolute Gasteiger partial charge is 0.382 e. The second-order valence-electron chi connectivity index (χ2n) is 3.81. The van der Waals surface area contributed by atoms with Crippen molar-refractivity contribution in [3.8, 4) is 0 Å². The number of nitrogen functional groups attached to an aromatic ring is 1. The van der Waals surface area contributed by atoms with Crippen molar-refractivity contribution in [3.05, 3.63) is 28.1 Å². The van der Waals surface area contributed by atoms with Crippen LogP contribution in [0, 0.1) is 0 Å². The second-order valence-corrected chi connectivity index (χ2v) is 4.61. The van der Waals surface area contributed by atoms with Crippen molar-refractivity contribution in [1.29, 1.82) is 0 Å². The molecule has 0 unspecified atom stereocenters. The average molecular weight is 298 g/mol. The number of halogens is 1. The van der Waals surface area contributed by atoms with Gasteiger partial charge in [-0.1, -0.05) is 6.92 Å². The summed E-state index contributed by atoms with van der Waals surface area (Å²) in [7, 11) is 0. The molecule has 0 amide bonds. The Morgan fingerprint density at radius 3 is 2.65 bits per heavy atom. The van der Waals surface area contributed by atoms with E-state index >= 15 is 0 Å². The summed E-state index contributed by atoms with van der Waals surface area (Å²) >= 11 is 3.61. The summed E-state index contributed by atoms with van der Waals surface area (Å²) in [5.74, 6) is 0.541. The summed E-state index contributed by atoms with van der Waals surface area (Å²) in [5, 5.41) is 8.74. The summed E-state index contributed by atoms with van der Waals surface area (Å²) < 4.78 is 4.90. The minimum atomic E-state index is 0.541. The van der Waals surface area contributed by atoms with Crippen molar-refractivity contribution < 1.29 is 0 Å². The molecule has 0 radical (unpaired) electrons. The lowest BCUT2D eigenvalue weighted by molar-refractivity contribution is 0.573. The Hall–Kier alpha value is -1.30. The van der Waals surface area contributed by atoms with E-state index in [-0.39, 0.29) is 0 Å². The summed E-state index contributed by atoms with van der Waals surface area (Å²) in [5.41, 5.74) is 7.82. The van der Waals surface area contributed by atoms with Gasteiger partial charge in [-0.05, 0) is 35.3 Å². The molecular weight excluding hydrogens is 282 g/mol. The molecule has 2 heterocycles. The second kappa shape index (κ2) is 4.91. The Balaban J connectivity index is 2.34. The normalized spacial score (nSPS) is 11.0. The van der Waals surface area contributed by atoms with Gasteiger partial charge in [-0.15, -0.1) is 0 Å². The highest BCUT2D eigenvalue weighted by molar-refractivity contribution is 9.10. The van der Waals surface area contributed by atoms with E-state index in [1.165, 1.54) is 0 Å². The van der Waals surface area contributed by atoms with Crippen molar-refractivity contribution >= 4 is 21.7 Å². The van der Waals surface area contributed by atoms with Gasteiger partial charge in [-0.25, -0.2) is 0 Å². The molecule has 0 aliphatic carbocycles. The van der Waals surface area contributed by atoms with Gasteiger partial charge >= 0.3 is 0 Å². The summed E-state index contributed by atoms with van der Waals surface area (Å²) in [6.45, 7) is 5.71. The number of rotatable bonds is 4. The molecule has 0 spiro atoms. The van der Waals surface area contributed by atoms with Crippen LogP contribution in [-0.2, 0) is 19.5 Å². The van der Waals surface area contributed by atoms with Crippen LogP contribution in [0.3, 0.4) is 0 Å².